The zero-order valence-corrected chi connectivity index (χ0v) is 14.4. The number of nitrogens with one attached hydrogen (secondary N) is 2. The molecule has 3 N–H and O–H groups in total. The van der Waals surface area contributed by atoms with E-state index in [1.54, 1.807) is 0 Å². The van der Waals surface area contributed by atoms with E-state index in [-0.39, 0.29) is 17.4 Å². The molecule has 4 rings (SSSR count). The number of hydrogen-bond donors (Lipinski definition) is 3. The van der Waals surface area contributed by atoms with Crippen LogP contribution < -0.4 is 10.9 Å². The Hall–Kier alpha value is -2.83. The first-order valence-corrected chi connectivity index (χ1v) is 9.03. The van der Waals surface area contributed by atoms with Crippen molar-refractivity contribution in [3.05, 3.63) is 42.2 Å². The molecule has 2 bridgehead atoms. The summed E-state index contributed by atoms with van der Waals surface area (Å²) >= 11 is 0. The molecule has 1 heterocycles. The highest BCUT2D eigenvalue weighted by atomic mass is 16.3. The molecule has 136 valence electrons. The molecule has 0 aliphatic heterocycles. The lowest BCUT2D eigenvalue weighted by molar-refractivity contribution is -0.123. The van der Waals surface area contributed by atoms with Crippen LogP contribution in [-0.4, -0.2) is 26.7 Å². The predicted octanol–water partition coefficient (Wildman–Crippen LogP) is 2.17. The number of aromatic nitrogens is 2. The second kappa shape index (κ2) is 6.82. The molecule has 26 heavy (non-hydrogen) atoms. The quantitative estimate of drug-likeness (QED) is 0.733. The topological polar surface area (TPSA) is 96.3 Å². The van der Waals surface area contributed by atoms with Gasteiger partial charge >= 0.3 is 0 Å². The van der Waals surface area contributed by atoms with Crippen LogP contribution in [-0.2, 0) is 4.79 Å². The van der Waals surface area contributed by atoms with E-state index in [1.165, 1.54) is 30.1 Å². The second-order valence-electron chi connectivity index (χ2n) is 7.28. The second-order valence-corrected chi connectivity index (χ2v) is 7.28. The van der Waals surface area contributed by atoms with Gasteiger partial charge in [0.25, 0.3) is 5.91 Å². The number of nitrogens with zero attached hydrogens (tertiary/aromatic N) is 2. The average molecular weight is 354 g/mol. The van der Waals surface area contributed by atoms with Gasteiger partial charge in [0.1, 0.15) is 0 Å². The van der Waals surface area contributed by atoms with E-state index in [9.17, 15) is 14.7 Å². The summed E-state index contributed by atoms with van der Waals surface area (Å²) in [5, 5.41) is 14.1. The maximum absolute atomic E-state index is 12.2. The molecule has 2 aliphatic carbocycles. The molecule has 2 amide bonds. The molecule has 2 saturated carbocycles. The summed E-state index contributed by atoms with van der Waals surface area (Å²) in [6, 6.07) is 9.16. The fourth-order valence-corrected chi connectivity index (χ4v) is 4.34. The molecule has 0 saturated heterocycles. The number of benzene rings is 1. The molecular weight excluding hydrogens is 332 g/mol. The zero-order chi connectivity index (χ0) is 18.1. The van der Waals surface area contributed by atoms with Crippen LogP contribution in [0.1, 0.15) is 42.6 Å². The lowest BCUT2D eigenvalue weighted by Crippen LogP contribution is -2.42. The Kier molecular flexibility index (Phi) is 4.36. The number of para-hydroxylation sites is 1. The van der Waals surface area contributed by atoms with Crippen molar-refractivity contribution in [2.24, 2.45) is 17.8 Å². The third-order valence-corrected chi connectivity index (χ3v) is 5.58. The first-order valence-electron chi connectivity index (χ1n) is 9.03. The van der Waals surface area contributed by atoms with Gasteiger partial charge in [-0.25, -0.2) is 4.68 Å². The third-order valence-electron chi connectivity index (χ3n) is 5.58. The Morgan fingerprint density at radius 1 is 1.15 bits per heavy atom. The van der Waals surface area contributed by atoms with Gasteiger partial charge in [-0.05, 0) is 49.1 Å². The van der Waals surface area contributed by atoms with Crippen molar-refractivity contribution < 1.29 is 14.7 Å². The third kappa shape index (κ3) is 3.29. The molecule has 3 atom stereocenters. The number of hydrogen-bond acceptors (Lipinski definition) is 4. The Labute approximate surface area is 151 Å². The standard InChI is InChI=1S/C19H22N4O3/c24-16-11-23(15-4-2-1-3-5-15)22-18(16)19(26)21-20-17(25)10-14-9-12-6-7-13(14)8-12/h1-5,11-14,24H,6-10H2,(H,20,25)(H,21,26)/t12-,13-,14+/m0/s1. The molecule has 2 aliphatic rings. The van der Waals surface area contributed by atoms with Gasteiger partial charge < -0.3 is 5.11 Å². The Balaban J connectivity index is 1.33. The van der Waals surface area contributed by atoms with E-state index >= 15 is 0 Å². The smallest absolute Gasteiger partial charge is 0.294 e. The monoisotopic (exact) mass is 354 g/mol. The minimum absolute atomic E-state index is 0.130. The van der Waals surface area contributed by atoms with Crippen LogP contribution in [0.2, 0.25) is 0 Å². The lowest BCUT2D eigenvalue weighted by Gasteiger charge is -2.20. The lowest BCUT2D eigenvalue weighted by atomic mass is 9.86. The van der Waals surface area contributed by atoms with Crippen molar-refractivity contribution in [2.75, 3.05) is 0 Å². The summed E-state index contributed by atoms with van der Waals surface area (Å²) < 4.78 is 1.42. The summed E-state index contributed by atoms with van der Waals surface area (Å²) in [6.45, 7) is 0. The van der Waals surface area contributed by atoms with Crippen molar-refractivity contribution in [2.45, 2.75) is 32.1 Å². The number of hydrazine groups is 1. The first kappa shape index (κ1) is 16.6. The van der Waals surface area contributed by atoms with Crippen molar-refractivity contribution in [3.8, 4) is 11.4 Å². The van der Waals surface area contributed by atoms with Gasteiger partial charge in [-0.15, -0.1) is 0 Å². The van der Waals surface area contributed by atoms with E-state index in [0.29, 0.717) is 18.3 Å². The normalized spacial score (nSPS) is 23.8. The molecule has 2 aromatic rings. The Bertz CT molecular complexity index is 817. The summed E-state index contributed by atoms with van der Waals surface area (Å²) in [4.78, 5) is 24.3. The van der Waals surface area contributed by atoms with E-state index in [1.807, 2.05) is 30.3 Å². The highest BCUT2D eigenvalue weighted by molar-refractivity contribution is 5.95. The minimum Gasteiger partial charge on any atom is -0.504 e. The molecule has 0 unspecified atom stereocenters. The van der Waals surface area contributed by atoms with Gasteiger partial charge in [-0.2, -0.15) is 5.10 Å². The minimum atomic E-state index is -0.640. The van der Waals surface area contributed by atoms with Crippen molar-refractivity contribution in [1.82, 2.24) is 20.6 Å². The Morgan fingerprint density at radius 2 is 1.96 bits per heavy atom. The van der Waals surface area contributed by atoms with E-state index in [2.05, 4.69) is 16.0 Å². The van der Waals surface area contributed by atoms with Crippen LogP contribution in [0.25, 0.3) is 5.69 Å². The van der Waals surface area contributed by atoms with E-state index in [0.717, 1.165) is 18.0 Å². The van der Waals surface area contributed by atoms with Gasteiger partial charge in [0, 0.05) is 6.42 Å². The summed E-state index contributed by atoms with van der Waals surface area (Å²) in [5.74, 6) is 0.791. The van der Waals surface area contributed by atoms with Crippen LogP contribution in [0.3, 0.4) is 0 Å². The molecule has 0 radical (unpaired) electrons. The van der Waals surface area contributed by atoms with Crippen molar-refractivity contribution in [1.29, 1.82) is 0 Å². The van der Waals surface area contributed by atoms with Crippen LogP contribution in [0.15, 0.2) is 36.5 Å². The van der Waals surface area contributed by atoms with Crippen LogP contribution in [0.4, 0.5) is 0 Å². The highest BCUT2D eigenvalue weighted by Crippen LogP contribution is 2.49. The number of aromatic hydroxyl groups is 1. The van der Waals surface area contributed by atoms with Gasteiger partial charge in [-0.3, -0.25) is 20.4 Å². The largest absolute Gasteiger partial charge is 0.504 e. The number of rotatable bonds is 4. The number of fused-ring (bicyclic) bond motifs is 2. The fourth-order valence-electron chi connectivity index (χ4n) is 4.34. The van der Waals surface area contributed by atoms with Gasteiger partial charge in [0.05, 0.1) is 11.9 Å². The first-order chi connectivity index (χ1) is 12.6. The maximum atomic E-state index is 12.2. The van der Waals surface area contributed by atoms with Crippen molar-refractivity contribution >= 4 is 11.8 Å². The van der Waals surface area contributed by atoms with Gasteiger partial charge in [0.15, 0.2) is 11.4 Å². The number of carbonyl (C=O) groups excluding carboxylic acids is 2. The molecule has 1 aromatic carbocycles. The molecular formula is C19H22N4O3. The Morgan fingerprint density at radius 3 is 2.65 bits per heavy atom. The molecule has 1 aromatic heterocycles. The molecule has 7 heteroatoms. The maximum Gasteiger partial charge on any atom is 0.294 e. The van der Waals surface area contributed by atoms with E-state index in [4.69, 9.17) is 0 Å². The summed E-state index contributed by atoms with van der Waals surface area (Å²) in [6.07, 6.45) is 6.68. The fraction of sp³-hybridized carbons (Fsp3) is 0.421. The number of amides is 2. The number of carbonyl (C=O) groups is 2. The SMILES string of the molecule is O=C(C[C@H]1C[C@H]2CC[C@H]1C2)NNC(=O)c1nn(-c2ccccc2)cc1O. The highest BCUT2D eigenvalue weighted by Gasteiger charge is 2.40. The molecule has 0 spiro atoms. The van der Waals surface area contributed by atoms with Gasteiger partial charge in [-0.1, -0.05) is 24.6 Å². The van der Waals surface area contributed by atoms with Crippen molar-refractivity contribution in [3.63, 3.8) is 0 Å². The summed E-state index contributed by atoms with van der Waals surface area (Å²) in [5.41, 5.74) is 5.39. The van der Waals surface area contributed by atoms with Crippen LogP contribution in [0, 0.1) is 17.8 Å². The van der Waals surface area contributed by atoms with Crippen LogP contribution in [0.5, 0.6) is 5.75 Å². The predicted molar refractivity (Wildman–Crippen MR) is 94.4 cm³/mol. The molecule has 2 fully saturated rings. The van der Waals surface area contributed by atoms with E-state index < -0.39 is 5.91 Å². The molecule has 7 nitrogen and oxygen atoms in total. The van der Waals surface area contributed by atoms with Crippen LogP contribution >= 0.6 is 0 Å². The summed E-state index contributed by atoms with van der Waals surface area (Å²) in [7, 11) is 0. The zero-order valence-electron chi connectivity index (χ0n) is 14.4. The van der Waals surface area contributed by atoms with Gasteiger partial charge in [0.2, 0.25) is 5.91 Å². The average Bonchev–Trinajstić information content (AvgIpc) is 3.36.